The van der Waals surface area contributed by atoms with Crippen molar-refractivity contribution in [1.29, 1.82) is 0 Å². The molecule has 1 heterocycles. The van der Waals surface area contributed by atoms with Crippen LogP contribution in [0, 0.1) is 6.92 Å². The zero-order valence-electron chi connectivity index (χ0n) is 11.1. The van der Waals surface area contributed by atoms with Gasteiger partial charge in [-0.3, -0.25) is 0 Å². The van der Waals surface area contributed by atoms with E-state index in [0.29, 0.717) is 16.1 Å². The van der Waals surface area contributed by atoms with Gasteiger partial charge in [0.25, 0.3) is 10.0 Å². The normalized spacial score (nSPS) is 11.9. The van der Waals surface area contributed by atoms with Gasteiger partial charge >= 0.3 is 0 Å². The van der Waals surface area contributed by atoms with Crippen LogP contribution >= 0.6 is 11.6 Å². The zero-order chi connectivity index (χ0) is 15.2. The number of halogens is 1. The summed E-state index contributed by atoms with van der Waals surface area (Å²) in [5.41, 5.74) is 7.60. The van der Waals surface area contributed by atoms with E-state index >= 15 is 0 Å². The molecule has 0 amide bonds. The average Bonchev–Trinajstić information content (AvgIpc) is 2.74. The molecule has 0 radical (unpaired) electrons. The lowest BCUT2D eigenvalue weighted by Crippen LogP contribution is -2.15. The smallest absolute Gasteiger partial charge is 0.271 e. The number of aromatic nitrogens is 2. The Labute approximate surface area is 127 Å². The third kappa shape index (κ3) is 2.26. The van der Waals surface area contributed by atoms with Gasteiger partial charge in [-0.2, -0.15) is 0 Å². The van der Waals surface area contributed by atoms with Crippen LogP contribution in [0.1, 0.15) is 5.56 Å². The van der Waals surface area contributed by atoms with E-state index < -0.39 is 10.0 Å². The maximum Gasteiger partial charge on any atom is 0.271 e. The Hall–Kier alpha value is -2.05. The Morgan fingerprint density at radius 2 is 1.81 bits per heavy atom. The van der Waals surface area contributed by atoms with Gasteiger partial charge in [0.2, 0.25) is 5.95 Å². The molecular weight excluding hydrogens is 310 g/mol. The SMILES string of the molecule is Cc1ccc(S(=O)(=O)n2c(N)nc3cc(Cl)ccc32)cc1. The molecule has 0 atom stereocenters. The molecule has 3 aromatic rings. The van der Waals surface area contributed by atoms with Crippen molar-refractivity contribution in [3.05, 3.63) is 53.1 Å². The number of hydrogen-bond acceptors (Lipinski definition) is 4. The first-order chi connectivity index (χ1) is 9.89. The number of aryl methyl sites for hydroxylation is 1. The van der Waals surface area contributed by atoms with E-state index in [-0.39, 0.29) is 10.8 Å². The molecule has 0 spiro atoms. The molecule has 108 valence electrons. The summed E-state index contributed by atoms with van der Waals surface area (Å²) in [6.45, 7) is 1.89. The third-order valence-corrected chi connectivity index (χ3v) is 5.13. The molecule has 0 bridgehead atoms. The highest BCUT2D eigenvalue weighted by molar-refractivity contribution is 7.90. The van der Waals surface area contributed by atoms with E-state index in [2.05, 4.69) is 4.98 Å². The first-order valence-electron chi connectivity index (χ1n) is 6.15. The highest BCUT2D eigenvalue weighted by Gasteiger charge is 2.23. The summed E-state index contributed by atoms with van der Waals surface area (Å²) in [6, 6.07) is 11.3. The molecule has 2 N–H and O–H groups in total. The molecule has 0 aliphatic rings. The summed E-state index contributed by atoms with van der Waals surface area (Å²) in [4.78, 5) is 4.22. The second-order valence-electron chi connectivity index (χ2n) is 4.69. The van der Waals surface area contributed by atoms with Crippen LogP contribution in [-0.2, 0) is 10.0 Å². The van der Waals surface area contributed by atoms with Gasteiger partial charge in [0.05, 0.1) is 15.9 Å². The fourth-order valence-electron chi connectivity index (χ4n) is 2.12. The lowest BCUT2D eigenvalue weighted by atomic mass is 10.2. The molecule has 0 aliphatic carbocycles. The molecule has 0 saturated carbocycles. The van der Waals surface area contributed by atoms with E-state index in [1.54, 1.807) is 42.5 Å². The van der Waals surface area contributed by atoms with Gasteiger partial charge in [0, 0.05) is 5.02 Å². The summed E-state index contributed by atoms with van der Waals surface area (Å²) in [5, 5.41) is 0.472. The van der Waals surface area contributed by atoms with Crippen molar-refractivity contribution in [2.45, 2.75) is 11.8 Å². The predicted octanol–water partition coefficient (Wildman–Crippen LogP) is 2.82. The number of rotatable bonds is 2. The molecule has 0 unspecified atom stereocenters. The van der Waals surface area contributed by atoms with Crippen molar-refractivity contribution >= 4 is 38.6 Å². The summed E-state index contributed by atoms with van der Waals surface area (Å²) >= 11 is 5.89. The standard InChI is InChI=1S/C14H12ClN3O2S/c1-9-2-5-11(6-3-9)21(19,20)18-13-7-4-10(15)8-12(13)17-14(18)16/h2-8H,1H3,(H2,16,17). The van der Waals surface area contributed by atoms with Crippen molar-refractivity contribution in [1.82, 2.24) is 8.96 Å². The lowest BCUT2D eigenvalue weighted by Gasteiger charge is -2.08. The minimum Gasteiger partial charge on any atom is -0.368 e. The molecule has 0 fully saturated rings. The average molecular weight is 322 g/mol. The Bertz CT molecular complexity index is 931. The highest BCUT2D eigenvalue weighted by Crippen LogP contribution is 2.26. The second-order valence-corrected chi connectivity index (χ2v) is 6.91. The molecule has 0 aliphatic heterocycles. The van der Waals surface area contributed by atoms with Gasteiger partial charge in [-0.05, 0) is 37.3 Å². The number of anilines is 1. The van der Waals surface area contributed by atoms with Crippen LogP contribution in [0.25, 0.3) is 11.0 Å². The zero-order valence-corrected chi connectivity index (χ0v) is 12.7. The van der Waals surface area contributed by atoms with Gasteiger partial charge in [-0.15, -0.1) is 0 Å². The maximum atomic E-state index is 12.7. The van der Waals surface area contributed by atoms with Crippen molar-refractivity contribution in [3.63, 3.8) is 0 Å². The molecule has 3 rings (SSSR count). The topological polar surface area (TPSA) is 78.0 Å². The molecule has 21 heavy (non-hydrogen) atoms. The highest BCUT2D eigenvalue weighted by atomic mass is 35.5. The number of imidazole rings is 1. The summed E-state index contributed by atoms with van der Waals surface area (Å²) < 4.78 is 26.5. The Morgan fingerprint density at radius 1 is 1.14 bits per heavy atom. The molecule has 1 aromatic heterocycles. The van der Waals surface area contributed by atoms with E-state index in [0.717, 1.165) is 9.54 Å². The van der Waals surface area contributed by atoms with Gasteiger partial charge in [0.1, 0.15) is 0 Å². The van der Waals surface area contributed by atoms with Gasteiger partial charge in [0.15, 0.2) is 0 Å². The van der Waals surface area contributed by atoms with Crippen LogP contribution in [-0.4, -0.2) is 17.4 Å². The lowest BCUT2D eigenvalue weighted by molar-refractivity contribution is 0.589. The molecule has 7 heteroatoms. The Kier molecular flexibility index (Phi) is 3.15. The summed E-state index contributed by atoms with van der Waals surface area (Å²) in [5.74, 6) is -0.0900. The predicted molar refractivity (Wildman–Crippen MR) is 82.9 cm³/mol. The van der Waals surface area contributed by atoms with Crippen molar-refractivity contribution < 1.29 is 8.42 Å². The molecule has 0 saturated heterocycles. The van der Waals surface area contributed by atoms with Crippen molar-refractivity contribution in [2.75, 3.05) is 5.73 Å². The van der Waals surface area contributed by atoms with E-state index in [1.807, 2.05) is 6.92 Å². The quantitative estimate of drug-likeness (QED) is 0.787. The Morgan fingerprint density at radius 3 is 2.48 bits per heavy atom. The van der Waals surface area contributed by atoms with Gasteiger partial charge < -0.3 is 5.73 Å². The van der Waals surface area contributed by atoms with E-state index in [9.17, 15) is 8.42 Å². The fraction of sp³-hybridized carbons (Fsp3) is 0.0714. The van der Waals surface area contributed by atoms with Crippen molar-refractivity contribution in [2.24, 2.45) is 0 Å². The first-order valence-corrected chi connectivity index (χ1v) is 7.97. The van der Waals surface area contributed by atoms with E-state index in [1.165, 1.54) is 0 Å². The molecule has 2 aromatic carbocycles. The van der Waals surface area contributed by atoms with Crippen LogP contribution < -0.4 is 5.73 Å². The summed E-state index contributed by atoms with van der Waals surface area (Å²) in [6.07, 6.45) is 0. The monoisotopic (exact) mass is 321 g/mol. The number of nitrogens with two attached hydrogens (primary N) is 1. The maximum absolute atomic E-state index is 12.7. The number of benzene rings is 2. The molecular formula is C14H12ClN3O2S. The number of nitrogens with zero attached hydrogens (tertiary/aromatic N) is 2. The first kappa shape index (κ1) is 13.9. The van der Waals surface area contributed by atoms with Gasteiger partial charge in [-0.1, -0.05) is 29.3 Å². The second kappa shape index (κ2) is 4.75. The number of hydrogen-bond donors (Lipinski definition) is 1. The molecule has 5 nitrogen and oxygen atoms in total. The van der Waals surface area contributed by atoms with Gasteiger partial charge in [-0.25, -0.2) is 17.4 Å². The van der Waals surface area contributed by atoms with Crippen LogP contribution in [0.15, 0.2) is 47.4 Å². The van der Waals surface area contributed by atoms with Crippen LogP contribution in [0.3, 0.4) is 0 Å². The number of fused-ring (bicyclic) bond motifs is 1. The van der Waals surface area contributed by atoms with Crippen LogP contribution in [0.4, 0.5) is 5.95 Å². The minimum atomic E-state index is -3.80. The largest absolute Gasteiger partial charge is 0.368 e. The van der Waals surface area contributed by atoms with Crippen molar-refractivity contribution in [3.8, 4) is 0 Å². The van der Waals surface area contributed by atoms with Crippen LogP contribution in [0.5, 0.6) is 0 Å². The summed E-state index contributed by atoms with van der Waals surface area (Å²) in [7, 11) is -3.80. The van der Waals surface area contributed by atoms with Crippen LogP contribution in [0.2, 0.25) is 5.02 Å². The Balaban J connectivity index is 2.28. The third-order valence-electron chi connectivity index (χ3n) is 3.16. The van der Waals surface area contributed by atoms with E-state index in [4.69, 9.17) is 17.3 Å². The minimum absolute atomic E-state index is 0.0900. The fourth-order valence-corrected chi connectivity index (χ4v) is 3.68. The number of nitrogen functional groups attached to an aromatic ring is 1.